The van der Waals surface area contributed by atoms with E-state index in [0.29, 0.717) is 54.8 Å². The Kier molecular flexibility index (Phi) is 7.33. The summed E-state index contributed by atoms with van der Waals surface area (Å²) in [6.45, 7) is 4.13. The Labute approximate surface area is 198 Å². The summed E-state index contributed by atoms with van der Waals surface area (Å²) in [5.74, 6) is 0.161. The first-order valence-corrected chi connectivity index (χ1v) is 12.7. The van der Waals surface area contributed by atoms with E-state index in [1.165, 1.54) is 4.31 Å². The average molecular weight is 492 g/mol. The zero-order valence-electron chi connectivity index (χ0n) is 18.4. The second-order valence-electron chi connectivity index (χ2n) is 7.78. The minimum Gasteiger partial charge on any atom is -0.457 e. The van der Waals surface area contributed by atoms with Gasteiger partial charge in [0.2, 0.25) is 10.0 Å². The van der Waals surface area contributed by atoms with Crippen LogP contribution in [0.3, 0.4) is 0 Å². The highest BCUT2D eigenvalue weighted by Gasteiger charge is 2.27. The quantitative estimate of drug-likeness (QED) is 0.448. The smallest absolute Gasteiger partial charge is 0.310 e. The first-order valence-electron chi connectivity index (χ1n) is 10.9. The number of halogens is 1. The van der Waals surface area contributed by atoms with E-state index in [9.17, 15) is 13.2 Å². The largest absolute Gasteiger partial charge is 0.457 e. The molecule has 1 saturated heterocycles. The van der Waals surface area contributed by atoms with Crippen molar-refractivity contribution in [2.24, 2.45) is 0 Å². The molecule has 0 unspecified atom stereocenters. The van der Waals surface area contributed by atoms with Crippen LogP contribution in [-0.4, -0.2) is 54.5 Å². The van der Waals surface area contributed by atoms with Crippen LogP contribution in [-0.2, 0) is 43.9 Å². The molecule has 1 fully saturated rings. The molecule has 4 rings (SSSR count). The predicted octanol–water partition coefficient (Wildman–Crippen LogP) is 3.41. The Bertz CT molecular complexity index is 1250. The maximum atomic E-state index is 13.0. The number of benzene rings is 2. The van der Waals surface area contributed by atoms with E-state index in [2.05, 4.69) is 4.98 Å². The van der Waals surface area contributed by atoms with E-state index in [1.54, 1.807) is 36.4 Å². The Hall–Kier alpha value is -2.46. The summed E-state index contributed by atoms with van der Waals surface area (Å²) in [6, 6.07) is 12.1. The number of carbonyl (C=O) groups excluding carboxylic acids is 1. The lowest BCUT2D eigenvalue weighted by molar-refractivity contribution is -0.144. The number of morpholine rings is 1. The number of rotatable bonds is 8. The highest BCUT2D eigenvalue weighted by Crippen LogP contribution is 2.24. The second kappa shape index (κ2) is 10.2. The third kappa shape index (κ3) is 5.22. The first-order chi connectivity index (χ1) is 15.9. The molecule has 0 saturated carbocycles. The van der Waals surface area contributed by atoms with Crippen LogP contribution in [0.1, 0.15) is 24.7 Å². The number of hydrogen-bond acceptors (Lipinski definition) is 6. The van der Waals surface area contributed by atoms with Gasteiger partial charge in [0.05, 0.1) is 35.6 Å². The second-order valence-corrected chi connectivity index (χ2v) is 10.1. The van der Waals surface area contributed by atoms with Crippen molar-refractivity contribution in [3.05, 3.63) is 58.9 Å². The summed E-state index contributed by atoms with van der Waals surface area (Å²) in [6.07, 6.45) is 0.912. The molecule has 3 aromatic rings. The third-order valence-electron chi connectivity index (χ3n) is 5.51. The SMILES string of the molecule is CCCn1c(COC(=O)Cc2ccccc2Cl)nc2cc(S(=O)(=O)N3CCOCC3)ccc21. The van der Waals surface area contributed by atoms with Crippen LogP contribution in [0.5, 0.6) is 0 Å². The fourth-order valence-corrected chi connectivity index (χ4v) is 5.46. The lowest BCUT2D eigenvalue weighted by atomic mass is 10.1. The van der Waals surface area contributed by atoms with Crippen LogP contribution in [0.2, 0.25) is 5.02 Å². The molecule has 0 N–H and O–H groups in total. The minimum atomic E-state index is -3.63. The first kappa shape index (κ1) is 23.7. The normalized spacial score (nSPS) is 15.1. The molecular weight excluding hydrogens is 466 g/mol. The molecule has 1 aromatic heterocycles. The lowest BCUT2D eigenvalue weighted by Gasteiger charge is -2.26. The average Bonchev–Trinajstić information content (AvgIpc) is 3.17. The van der Waals surface area contributed by atoms with E-state index >= 15 is 0 Å². The van der Waals surface area contributed by atoms with Gasteiger partial charge in [-0.05, 0) is 36.2 Å². The molecule has 0 amide bonds. The molecule has 0 radical (unpaired) electrons. The van der Waals surface area contributed by atoms with Gasteiger partial charge in [0, 0.05) is 24.7 Å². The Morgan fingerprint density at radius 2 is 1.94 bits per heavy atom. The maximum absolute atomic E-state index is 13.0. The standard InChI is InChI=1S/C23H26ClN3O5S/c1-2-9-27-21-8-7-18(33(29,30)26-10-12-31-13-11-26)15-20(21)25-22(27)16-32-23(28)14-17-5-3-4-6-19(17)24/h3-8,15H,2,9-14,16H2,1H3. The Morgan fingerprint density at radius 1 is 1.18 bits per heavy atom. The van der Waals surface area contributed by atoms with Crippen molar-refractivity contribution >= 4 is 38.6 Å². The maximum Gasteiger partial charge on any atom is 0.310 e. The third-order valence-corrected chi connectivity index (χ3v) is 7.77. The van der Waals surface area contributed by atoms with Crippen molar-refractivity contribution in [2.75, 3.05) is 26.3 Å². The number of ether oxygens (including phenoxy) is 2. The van der Waals surface area contributed by atoms with Crippen molar-refractivity contribution in [3.8, 4) is 0 Å². The van der Waals surface area contributed by atoms with Gasteiger partial charge >= 0.3 is 5.97 Å². The minimum absolute atomic E-state index is 0.0104. The fraction of sp³-hybridized carbons (Fsp3) is 0.391. The predicted molar refractivity (Wildman–Crippen MR) is 125 cm³/mol. The van der Waals surface area contributed by atoms with Gasteiger partial charge < -0.3 is 14.0 Å². The molecule has 1 aliphatic rings. The number of nitrogens with zero attached hydrogens (tertiary/aromatic N) is 3. The van der Waals surface area contributed by atoms with Gasteiger partial charge in [-0.25, -0.2) is 13.4 Å². The van der Waals surface area contributed by atoms with E-state index in [-0.39, 0.29) is 17.9 Å². The highest BCUT2D eigenvalue weighted by molar-refractivity contribution is 7.89. The van der Waals surface area contributed by atoms with Crippen LogP contribution < -0.4 is 0 Å². The topological polar surface area (TPSA) is 90.7 Å². The van der Waals surface area contributed by atoms with Gasteiger partial charge in [-0.3, -0.25) is 4.79 Å². The molecule has 10 heteroatoms. The summed E-state index contributed by atoms with van der Waals surface area (Å²) >= 11 is 6.13. The van der Waals surface area contributed by atoms with Gasteiger partial charge in [-0.15, -0.1) is 0 Å². The molecule has 33 heavy (non-hydrogen) atoms. The number of sulfonamides is 1. The molecule has 176 valence electrons. The van der Waals surface area contributed by atoms with Crippen molar-refractivity contribution in [3.63, 3.8) is 0 Å². The molecule has 0 atom stereocenters. The van der Waals surface area contributed by atoms with E-state index in [0.717, 1.165) is 11.9 Å². The molecule has 1 aliphatic heterocycles. The van der Waals surface area contributed by atoms with E-state index in [4.69, 9.17) is 21.1 Å². The monoisotopic (exact) mass is 491 g/mol. The molecule has 2 heterocycles. The Balaban J connectivity index is 1.55. The zero-order chi connectivity index (χ0) is 23.4. The number of hydrogen-bond donors (Lipinski definition) is 0. The van der Waals surface area contributed by atoms with Gasteiger partial charge in [0.25, 0.3) is 0 Å². The van der Waals surface area contributed by atoms with Crippen LogP contribution in [0.25, 0.3) is 11.0 Å². The van der Waals surface area contributed by atoms with Crippen LogP contribution >= 0.6 is 11.6 Å². The molecular formula is C23H26ClN3O5S. The van der Waals surface area contributed by atoms with Gasteiger partial charge in [-0.2, -0.15) is 4.31 Å². The summed E-state index contributed by atoms with van der Waals surface area (Å²) in [5.41, 5.74) is 2.05. The zero-order valence-corrected chi connectivity index (χ0v) is 19.9. The van der Waals surface area contributed by atoms with Crippen LogP contribution in [0.15, 0.2) is 47.4 Å². The summed E-state index contributed by atoms with van der Waals surface area (Å²) in [4.78, 5) is 17.2. The van der Waals surface area contributed by atoms with Gasteiger partial charge in [0.1, 0.15) is 12.4 Å². The van der Waals surface area contributed by atoms with Crippen molar-refractivity contribution in [2.45, 2.75) is 37.8 Å². The molecule has 0 spiro atoms. The molecule has 0 aliphatic carbocycles. The number of aromatic nitrogens is 2. The fourth-order valence-electron chi connectivity index (χ4n) is 3.83. The number of aryl methyl sites for hydroxylation is 1. The summed E-state index contributed by atoms with van der Waals surface area (Å²) in [5, 5.41) is 0.515. The van der Waals surface area contributed by atoms with Crippen molar-refractivity contribution in [1.82, 2.24) is 13.9 Å². The number of fused-ring (bicyclic) bond motifs is 1. The highest BCUT2D eigenvalue weighted by atomic mass is 35.5. The van der Waals surface area contributed by atoms with Crippen LogP contribution in [0, 0.1) is 0 Å². The van der Waals surface area contributed by atoms with Crippen molar-refractivity contribution in [1.29, 1.82) is 0 Å². The Morgan fingerprint density at radius 3 is 2.67 bits per heavy atom. The number of carbonyl (C=O) groups is 1. The van der Waals surface area contributed by atoms with Gasteiger partial charge in [0.15, 0.2) is 0 Å². The van der Waals surface area contributed by atoms with Crippen molar-refractivity contribution < 1.29 is 22.7 Å². The van der Waals surface area contributed by atoms with E-state index < -0.39 is 16.0 Å². The number of esters is 1. The summed E-state index contributed by atoms with van der Waals surface area (Å²) in [7, 11) is -3.63. The summed E-state index contributed by atoms with van der Waals surface area (Å²) < 4.78 is 40.2. The molecule has 2 aromatic carbocycles. The van der Waals surface area contributed by atoms with E-state index in [1.807, 2.05) is 17.6 Å². The molecule has 0 bridgehead atoms. The number of imidazole rings is 1. The lowest BCUT2D eigenvalue weighted by Crippen LogP contribution is -2.40. The molecule has 8 nitrogen and oxygen atoms in total. The van der Waals surface area contributed by atoms with Gasteiger partial charge in [-0.1, -0.05) is 36.7 Å². The van der Waals surface area contributed by atoms with Crippen LogP contribution in [0.4, 0.5) is 0 Å².